The van der Waals surface area contributed by atoms with Crippen molar-refractivity contribution in [3.63, 3.8) is 0 Å². The molecule has 1 aliphatic carbocycles. The average Bonchev–Trinajstić information content (AvgIpc) is 3.34. The van der Waals surface area contributed by atoms with Gasteiger partial charge in [0.15, 0.2) is 5.11 Å². The molecule has 0 aliphatic heterocycles. The Balaban J connectivity index is 1.38. The molecule has 5 rings (SSSR count). The lowest BCUT2D eigenvalue weighted by Gasteiger charge is -2.11. The Morgan fingerprint density at radius 2 is 2.00 bits per heavy atom. The number of aromatic amines is 1. The van der Waals surface area contributed by atoms with Crippen LogP contribution in [-0.2, 0) is 6.42 Å². The Kier molecular flexibility index (Phi) is 3.99. The van der Waals surface area contributed by atoms with Crippen LogP contribution in [0.15, 0.2) is 65.7 Å². The van der Waals surface area contributed by atoms with Crippen molar-refractivity contribution in [1.29, 1.82) is 0 Å². The number of nitrogens with zero attached hydrogens (tertiary/aromatic N) is 2. The molecule has 142 valence electrons. The third kappa shape index (κ3) is 2.99. The molecule has 0 saturated carbocycles. The van der Waals surface area contributed by atoms with Gasteiger partial charge in [0.2, 0.25) is 5.65 Å². The molecule has 3 N–H and O–H groups in total. The van der Waals surface area contributed by atoms with E-state index in [0.717, 1.165) is 28.2 Å². The number of H-pyrrole nitrogens is 1. The maximum Gasteiger partial charge on any atom is 0.292 e. The molecule has 29 heavy (non-hydrogen) atoms. The van der Waals surface area contributed by atoms with E-state index in [2.05, 4.69) is 20.6 Å². The predicted octanol–water partition coefficient (Wildman–Crippen LogP) is 2.72. The molecule has 8 heteroatoms. The summed E-state index contributed by atoms with van der Waals surface area (Å²) in [6.07, 6.45) is 4.07. The van der Waals surface area contributed by atoms with Crippen molar-refractivity contribution in [2.24, 2.45) is 0 Å². The summed E-state index contributed by atoms with van der Waals surface area (Å²) in [6.45, 7) is 0. The Hall–Kier alpha value is -3.78. The number of thiocarbonyl (C=S) groups is 1. The molecule has 0 unspecified atom stereocenters. The molecule has 1 amide bonds. The van der Waals surface area contributed by atoms with Gasteiger partial charge in [-0.2, -0.15) is 0 Å². The summed E-state index contributed by atoms with van der Waals surface area (Å²) in [5, 5.41) is 5.95. The Morgan fingerprint density at radius 1 is 1.17 bits per heavy atom. The first-order valence-electron chi connectivity index (χ1n) is 8.99. The molecule has 0 bridgehead atoms. The zero-order valence-corrected chi connectivity index (χ0v) is 15.9. The smallest absolute Gasteiger partial charge is 0.292 e. The van der Waals surface area contributed by atoms with E-state index in [0.29, 0.717) is 17.6 Å². The first-order chi connectivity index (χ1) is 14.1. The first kappa shape index (κ1) is 17.3. The van der Waals surface area contributed by atoms with Crippen LogP contribution in [0.25, 0.3) is 16.9 Å². The van der Waals surface area contributed by atoms with Gasteiger partial charge in [0.05, 0.1) is 11.4 Å². The molecule has 7 nitrogen and oxygen atoms in total. The van der Waals surface area contributed by atoms with E-state index in [-0.39, 0.29) is 16.6 Å². The second-order valence-corrected chi connectivity index (χ2v) is 7.13. The molecule has 0 atom stereocenters. The summed E-state index contributed by atoms with van der Waals surface area (Å²) in [5.41, 5.74) is 5.30. The average molecular weight is 401 g/mol. The van der Waals surface area contributed by atoms with E-state index < -0.39 is 0 Å². The highest BCUT2D eigenvalue weighted by molar-refractivity contribution is 7.80. The number of amides is 1. The van der Waals surface area contributed by atoms with Gasteiger partial charge < -0.3 is 10.3 Å². The minimum atomic E-state index is -0.267. The third-order valence-corrected chi connectivity index (χ3v) is 5.12. The van der Waals surface area contributed by atoms with Crippen molar-refractivity contribution in [3.05, 3.63) is 88.1 Å². The van der Waals surface area contributed by atoms with Gasteiger partial charge in [0.25, 0.3) is 11.5 Å². The fourth-order valence-electron chi connectivity index (χ4n) is 3.62. The predicted molar refractivity (Wildman–Crippen MR) is 114 cm³/mol. The van der Waals surface area contributed by atoms with E-state index in [1.165, 1.54) is 0 Å². The van der Waals surface area contributed by atoms with E-state index in [4.69, 9.17) is 12.2 Å². The molecule has 2 aromatic heterocycles. The summed E-state index contributed by atoms with van der Waals surface area (Å²) in [7, 11) is 0. The quantitative estimate of drug-likeness (QED) is 0.396. The van der Waals surface area contributed by atoms with E-state index in [1.54, 1.807) is 36.7 Å². The van der Waals surface area contributed by atoms with Crippen LogP contribution in [0.1, 0.15) is 21.6 Å². The molecule has 2 aromatic carbocycles. The maximum absolute atomic E-state index is 12.2. The van der Waals surface area contributed by atoms with Crippen LogP contribution in [0.5, 0.6) is 0 Å². The topological polar surface area (TPSA) is 91.3 Å². The summed E-state index contributed by atoms with van der Waals surface area (Å²) in [5.74, 6) is -0.267. The molecule has 0 fully saturated rings. The number of imidazole rings is 1. The fraction of sp³-hybridized carbons (Fsp3) is 0.0476. The van der Waals surface area contributed by atoms with Crippen molar-refractivity contribution in [3.8, 4) is 11.3 Å². The van der Waals surface area contributed by atoms with Gasteiger partial charge in [0.1, 0.15) is 0 Å². The first-order valence-corrected chi connectivity index (χ1v) is 9.40. The number of fused-ring (bicyclic) bond motifs is 5. The largest absolute Gasteiger partial charge is 0.332 e. The second kappa shape index (κ2) is 6.68. The van der Waals surface area contributed by atoms with Gasteiger partial charge in [0, 0.05) is 35.6 Å². The van der Waals surface area contributed by atoms with Crippen LogP contribution in [0.2, 0.25) is 0 Å². The second-order valence-electron chi connectivity index (χ2n) is 6.72. The number of nitrogens with one attached hydrogen (secondary N) is 3. The van der Waals surface area contributed by atoms with Gasteiger partial charge in [-0.15, -0.1) is 0 Å². The monoisotopic (exact) mass is 401 g/mol. The number of hydrogen-bond donors (Lipinski definition) is 3. The molecular weight excluding hydrogens is 386 g/mol. The van der Waals surface area contributed by atoms with Crippen molar-refractivity contribution < 1.29 is 4.79 Å². The lowest BCUT2D eigenvalue weighted by molar-refractivity contribution is 0.0977. The SMILES string of the molecule is O=C(NC(=S)Nc1ccc2c(c1)Cc1c-2[nH]c(=O)c2nccn12)c1ccccc1. The number of benzene rings is 2. The summed E-state index contributed by atoms with van der Waals surface area (Å²) < 4.78 is 1.83. The van der Waals surface area contributed by atoms with Crippen LogP contribution in [0.3, 0.4) is 0 Å². The number of anilines is 1. The number of hydrogen-bond acceptors (Lipinski definition) is 4. The minimum absolute atomic E-state index is 0.214. The van der Waals surface area contributed by atoms with Crippen molar-refractivity contribution in [2.75, 3.05) is 5.32 Å². The number of aromatic nitrogens is 3. The lowest BCUT2D eigenvalue weighted by Crippen LogP contribution is -2.34. The maximum atomic E-state index is 12.2. The molecule has 4 aromatic rings. The summed E-state index contributed by atoms with van der Waals surface area (Å²) in [4.78, 5) is 31.5. The third-order valence-electron chi connectivity index (χ3n) is 4.92. The molecule has 1 aliphatic rings. The van der Waals surface area contributed by atoms with Gasteiger partial charge in [-0.1, -0.05) is 24.3 Å². The molecular formula is C21H15N5O2S. The highest BCUT2D eigenvalue weighted by Gasteiger charge is 2.23. The highest BCUT2D eigenvalue weighted by Crippen LogP contribution is 2.35. The summed E-state index contributed by atoms with van der Waals surface area (Å²) in [6, 6.07) is 14.7. The van der Waals surface area contributed by atoms with Crippen LogP contribution in [0, 0.1) is 0 Å². The lowest BCUT2D eigenvalue weighted by atomic mass is 10.1. The molecule has 0 saturated heterocycles. The number of rotatable bonds is 2. The summed E-state index contributed by atoms with van der Waals surface area (Å²) >= 11 is 5.28. The Morgan fingerprint density at radius 3 is 2.83 bits per heavy atom. The number of carbonyl (C=O) groups is 1. The normalized spacial score (nSPS) is 11.7. The fourth-order valence-corrected chi connectivity index (χ4v) is 3.83. The van der Waals surface area contributed by atoms with Gasteiger partial charge in [-0.3, -0.25) is 19.3 Å². The van der Waals surface area contributed by atoms with Crippen LogP contribution < -0.4 is 16.2 Å². The van der Waals surface area contributed by atoms with E-state index in [1.807, 2.05) is 28.7 Å². The van der Waals surface area contributed by atoms with Crippen molar-refractivity contribution in [1.82, 2.24) is 19.7 Å². The minimum Gasteiger partial charge on any atom is -0.332 e. The zero-order valence-electron chi connectivity index (χ0n) is 15.1. The highest BCUT2D eigenvalue weighted by atomic mass is 32.1. The standard InChI is InChI=1S/C21H15N5O2S/c27-19(12-4-2-1-3-5-12)25-21(29)23-14-6-7-15-13(10-14)11-16-17(15)24-20(28)18-22-8-9-26(16)18/h1-10H,11H2,(H,24,28)(H2,23,25,27,29). The Labute approximate surface area is 170 Å². The van der Waals surface area contributed by atoms with Gasteiger partial charge in [-0.05, 0) is 42.0 Å². The van der Waals surface area contributed by atoms with Gasteiger partial charge >= 0.3 is 0 Å². The van der Waals surface area contributed by atoms with E-state index >= 15 is 0 Å². The van der Waals surface area contributed by atoms with Gasteiger partial charge in [-0.25, -0.2) is 4.98 Å². The van der Waals surface area contributed by atoms with Crippen LogP contribution in [0.4, 0.5) is 5.69 Å². The van der Waals surface area contributed by atoms with Crippen molar-refractivity contribution >= 4 is 34.6 Å². The van der Waals surface area contributed by atoms with Crippen molar-refractivity contribution in [2.45, 2.75) is 6.42 Å². The van der Waals surface area contributed by atoms with Crippen LogP contribution in [-0.4, -0.2) is 25.4 Å². The Bertz CT molecular complexity index is 1340. The molecule has 0 radical (unpaired) electrons. The zero-order chi connectivity index (χ0) is 20.0. The number of carbonyl (C=O) groups excluding carboxylic acids is 1. The molecule has 2 heterocycles. The van der Waals surface area contributed by atoms with E-state index in [9.17, 15) is 9.59 Å². The molecule has 0 spiro atoms. The van der Waals surface area contributed by atoms with Crippen LogP contribution >= 0.6 is 12.2 Å².